The van der Waals surface area contributed by atoms with Crippen LogP contribution >= 0.6 is 0 Å². The quantitative estimate of drug-likeness (QED) is 0.591. The van der Waals surface area contributed by atoms with Gasteiger partial charge in [-0.3, -0.25) is 4.79 Å². The predicted molar refractivity (Wildman–Crippen MR) is 104 cm³/mol. The summed E-state index contributed by atoms with van der Waals surface area (Å²) in [5, 5.41) is 11.1. The number of aromatic nitrogens is 4. The molecule has 1 aliphatic heterocycles. The van der Waals surface area contributed by atoms with Gasteiger partial charge < -0.3 is 19.1 Å². The molecule has 168 valence electrons. The van der Waals surface area contributed by atoms with Crippen LogP contribution in [-0.2, 0) is 6.18 Å². The molecule has 1 atom stereocenters. The Morgan fingerprint density at radius 3 is 2.62 bits per heavy atom. The first kappa shape index (κ1) is 21.4. The van der Waals surface area contributed by atoms with Gasteiger partial charge in [-0.15, -0.1) is 10.2 Å². The molecule has 3 aromatic rings. The average molecular weight is 449 g/mol. The highest BCUT2D eigenvalue weighted by molar-refractivity contribution is 5.95. The maximum absolute atomic E-state index is 13.9. The number of amides is 1. The Labute approximate surface area is 180 Å². The largest absolute Gasteiger partial charge is 0.486 e. The molecule has 0 spiro atoms. The molecule has 2 aromatic heterocycles. The summed E-state index contributed by atoms with van der Waals surface area (Å²) < 4.78 is 58.4. The number of rotatable bonds is 5. The van der Waals surface area contributed by atoms with Crippen LogP contribution in [0.3, 0.4) is 0 Å². The minimum atomic E-state index is -4.87. The summed E-state index contributed by atoms with van der Waals surface area (Å²) in [6.07, 6.45) is -4.55. The molecule has 32 heavy (non-hydrogen) atoms. The summed E-state index contributed by atoms with van der Waals surface area (Å²) >= 11 is 0. The molecule has 4 rings (SSSR count). The van der Waals surface area contributed by atoms with E-state index in [-0.39, 0.29) is 24.8 Å². The molecule has 1 unspecified atom stereocenters. The lowest BCUT2D eigenvalue weighted by molar-refractivity contribution is -0.143. The molecule has 0 N–H and O–H groups in total. The monoisotopic (exact) mass is 449 g/mol. The first-order valence-corrected chi connectivity index (χ1v) is 9.45. The van der Waals surface area contributed by atoms with E-state index in [0.717, 1.165) is 11.1 Å². The maximum Gasteiger partial charge on any atom is 0.434 e. The molecule has 0 radical (unpaired) electrons. The van der Waals surface area contributed by atoms with Crippen LogP contribution in [0, 0.1) is 0 Å². The van der Waals surface area contributed by atoms with Crippen molar-refractivity contribution in [1.82, 2.24) is 24.9 Å². The van der Waals surface area contributed by atoms with E-state index in [0.29, 0.717) is 16.2 Å². The Morgan fingerprint density at radius 2 is 1.97 bits per heavy atom. The van der Waals surface area contributed by atoms with Crippen LogP contribution in [-0.4, -0.2) is 64.2 Å². The highest BCUT2D eigenvalue weighted by atomic mass is 19.4. The Kier molecular flexibility index (Phi) is 5.59. The highest BCUT2D eigenvalue weighted by Gasteiger charge is 2.41. The Hall–Kier alpha value is -3.83. The average Bonchev–Trinajstić information content (AvgIpc) is 3.24. The third-order valence-electron chi connectivity index (χ3n) is 4.71. The molecule has 0 saturated carbocycles. The number of fused-ring (bicyclic) bond motifs is 1. The second kappa shape index (κ2) is 8.36. The first-order chi connectivity index (χ1) is 15.3. The molecule has 1 amide bonds. The molecule has 0 saturated heterocycles. The van der Waals surface area contributed by atoms with Crippen molar-refractivity contribution in [2.45, 2.75) is 12.3 Å². The molecular formula is C20H18F3N5O4. The Balaban J connectivity index is 1.57. The van der Waals surface area contributed by atoms with Gasteiger partial charge in [-0.25, -0.2) is 4.68 Å². The molecule has 0 fully saturated rings. The fourth-order valence-electron chi connectivity index (χ4n) is 3.23. The predicted octanol–water partition coefficient (Wildman–Crippen LogP) is 2.60. The number of benzene rings is 1. The van der Waals surface area contributed by atoms with Crippen molar-refractivity contribution in [3.8, 4) is 23.2 Å². The lowest BCUT2D eigenvalue weighted by Crippen LogP contribution is -2.42. The van der Waals surface area contributed by atoms with Gasteiger partial charge in [0.25, 0.3) is 5.91 Å². The normalized spacial score (nSPS) is 15.3. The molecule has 9 nitrogen and oxygen atoms in total. The van der Waals surface area contributed by atoms with Gasteiger partial charge in [0.1, 0.15) is 6.61 Å². The number of methoxy groups -OCH3 is 1. The fraction of sp³-hybridized carbons (Fsp3) is 0.300. The summed E-state index contributed by atoms with van der Waals surface area (Å²) in [6, 6.07) is 9.62. The number of carbonyl (C=O) groups is 1. The lowest BCUT2D eigenvalue weighted by Gasteiger charge is -2.29. The first-order valence-electron chi connectivity index (χ1n) is 9.45. The molecule has 12 heteroatoms. The number of likely N-dealkylation sites (N-methyl/N-ethyl adjacent to an activating group) is 1. The molecule has 3 heterocycles. The second-order valence-corrected chi connectivity index (χ2v) is 6.93. The van der Waals surface area contributed by atoms with Crippen molar-refractivity contribution in [2.24, 2.45) is 0 Å². The van der Waals surface area contributed by atoms with Gasteiger partial charge in [0, 0.05) is 13.1 Å². The van der Waals surface area contributed by atoms with Gasteiger partial charge in [-0.1, -0.05) is 12.1 Å². The third kappa shape index (κ3) is 4.15. The molecule has 1 aliphatic rings. The van der Waals surface area contributed by atoms with Crippen molar-refractivity contribution in [2.75, 3.05) is 27.3 Å². The van der Waals surface area contributed by atoms with E-state index >= 15 is 0 Å². The van der Waals surface area contributed by atoms with E-state index in [9.17, 15) is 18.0 Å². The maximum atomic E-state index is 13.9. The smallest absolute Gasteiger partial charge is 0.434 e. The van der Waals surface area contributed by atoms with E-state index in [1.807, 2.05) is 0 Å². The summed E-state index contributed by atoms with van der Waals surface area (Å²) in [5.74, 6) is 0.125. The topological polar surface area (TPSA) is 91.6 Å². The van der Waals surface area contributed by atoms with Gasteiger partial charge in [0.05, 0.1) is 25.4 Å². The van der Waals surface area contributed by atoms with Gasteiger partial charge in [0.15, 0.2) is 29.1 Å². The van der Waals surface area contributed by atoms with E-state index in [2.05, 4.69) is 15.3 Å². The van der Waals surface area contributed by atoms with E-state index < -0.39 is 29.4 Å². The number of ether oxygens (including phenoxy) is 3. The van der Waals surface area contributed by atoms with Crippen molar-refractivity contribution in [1.29, 1.82) is 0 Å². The van der Waals surface area contributed by atoms with E-state index in [4.69, 9.17) is 14.2 Å². The number of nitrogens with zero attached hydrogens (tertiary/aromatic N) is 5. The molecule has 0 bridgehead atoms. The lowest BCUT2D eigenvalue weighted by atomic mass is 10.2. The minimum Gasteiger partial charge on any atom is -0.486 e. The van der Waals surface area contributed by atoms with Crippen LogP contribution in [0.4, 0.5) is 13.2 Å². The van der Waals surface area contributed by atoms with Crippen LogP contribution < -0.4 is 14.2 Å². The van der Waals surface area contributed by atoms with Crippen LogP contribution in [0.15, 0.2) is 42.6 Å². The summed E-state index contributed by atoms with van der Waals surface area (Å²) in [6.45, 7) is 0.166. The summed E-state index contributed by atoms with van der Waals surface area (Å²) in [5.41, 5.74) is -1.87. The van der Waals surface area contributed by atoms with Gasteiger partial charge >= 0.3 is 6.18 Å². The van der Waals surface area contributed by atoms with Crippen LogP contribution in [0.2, 0.25) is 0 Å². The van der Waals surface area contributed by atoms with Crippen LogP contribution in [0.25, 0.3) is 5.82 Å². The Bertz CT molecular complexity index is 1120. The SMILES string of the molecule is COc1ccc(-n2ncc(C(=O)N(C)CC3COc4ccccc4O3)c2C(F)(F)F)nn1. The molecule has 1 aromatic carbocycles. The van der Waals surface area contributed by atoms with Crippen molar-refractivity contribution in [3.63, 3.8) is 0 Å². The van der Waals surface area contributed by atoms with Crippen LogP contribution in [0.1, 0.15) is 16.1 Å². The van der Waals surface area contributed by atoms with E-state index in [1.54, 1.807) is 24.3 Å². The fourth-order valence-corrected chi connectivity index (χ4v) is 3.23. The zero-order chi connectivity index (χ0) is 22.9. The number of halogens is 3. The van der Waals surface area contributed by atoms with Crippen molar-refractivity contribution < 1.29 is 32.2 Å². The van der Waals surface area contributed by atoms with Crippen molar-refractivity contribution >= 4 is 5.91 Å². The highest BCUT2D eigenvalue weighted by Crippen LogP contribution is 2.34. The second-order valence-electron chi connectivity index (χ2n) is 6.93. The molecular weight excluding hydrogens is 431 g/mol. The summed E-state index contributed by atoms with van der Waals surface area (Å²) in [4.78, 5) is 14.0. The third-order valence-corrected chi connectivity index (χ3v) is 4.71. The number of alkyl halides is 3. The van der Waals surface area contributed by atoms with Crippen molar-refractivity contribution in [3.05, 3.63) is 53.9 Å². The zero-order valence-corrected chi connectivity index (χ0v) is 17.0. The van der Waals surface area contributed by atoms with Crippen LogP contribution in [0.5, 0.6) is 17.4 Å². The standard InChI is InChI=1S/C20H18F3N5O4/c1-27(10-12-11-31-14-5-3-4-6-15(14)32-12)19(29)13-9-24-28(18(13)20(21,22)23)16-7-8-17(30-2)26-25-16/h3-9,12H,10-11H2,1-2H3. The summed E-state index contributed by atoms with van der Waals surface area (Å²) in [7, 11) is 2.74. The molecule has 0 aliphatic carbocycles. The van der Waals surface area contributed by atoms with Gasteiger partial charge in [-0.05, 0) is 18.2 Å². The zero-order valence-electron chi connectivity index (χ0n) is 17.0. The number of hydrogen-bond donors (Lipinski definition) is 0. The Morgan fingerprint density at radius 1 is 1.22 bits per heavy atom. The van der Waals surface area contributed by atoms with Gasteiger partial charge in [0.2, 0.25) is 5.88 Å². The number of hydrogen-bond acceptors (Lipinski definition) is 7. The number of carbonyl (C=O) groups excluding carboxylic acids is 1. The van der Waals surface area contributed by atoms with E-state index in [1.165, 1.54) is 26.3 Å². The number of para-hydroxylation sites is 2. The van der Waals surface area contributed by atoms with Gasteiger partial charge in [-0.2, -0.15) is 18.3 Å². The minimum absolute atomic E-state index is 0.0119.